The number of hydrogen-bond acceptors (Lipinski definition) is 4. The molecule has 0 saturated heterocycles. The van der Waals surface area contributed by atoms with Gasteiger partial charge in [0.2, 0.25) is 0 Å². The Morgan fingerprint density at radius 2 is 1.81 bits per heavy atom. The number of carbonyl (C=O) groups excluding carboxylic acids is 1. The minimum absolute atomic E-state index is 0.152. The predicted octanol–water partition coefficient (Wildman–Crippen LogP) is 3.47. The number of anilines is 3. The zero-order valence-electron chi connectivity index (χ0n) is 10.7. The van der Waals surface area contributed by atoms with Gasteiger partial charge in [0.05, 0.1) is 15.6 Å². The molecular formula is C13H11ClN4O3. The fourth-order valence-electron chi connectivity index (χ4n) is 1.57. The van der Waals surface area contributed by atoms with Crippen molar-refractivity contribution in [1.29, 1.82) is 0 Å². The van der Waals surface area contributed by atoms with Gasteiger partial charge in [-0.1, -0.05) is 11.6 Å². The Bertz CT molecular complexity index is 688. The first-order valence-electron chi connectivity index (χ1n) is 5.83. The van der Waals surface area contributed by atoms with E-state index >= 15 is 0 Å². The number of amides is 2. The van der Waals surface area contributed by atoms with Crippen molar-refractivity contribution < 1.29 is 9.72 Å². The van der Waals surface area contributed by atoms with Crippen LogP contribution in [0, 0.1) is 10.1 Å². The van der Waals surface area contributed by atoms with Crippen molar-refractivity contribution in [3.05, 3.63) is 57.6 Å². The highest BCUT2D eigenvalue weighted by atomic mass is 35.5. The van der Waals surface area contributed by atoms with Crippen LogP contribution in [0.3, 0.4) is 0 Å². The molecule has 0 aromatic heterocycles. The number of nitrogen functional groups attached to an aromatic ring is 1. The van der Waals surface area contributed by atoms with Gasteiger partial charge < -0.3 is 16.4 Å². The Morgan fingerprint density at radius 1 is 1.14 bits per heavy atom. The maximum atomic E-state index is 11.8. The van der Waals surface area contributed by atoms with Crippen molar-refractivity contribution in [2.75, 3.05) is 16.4 Å². The smallest absolute Gasteiger partial charge is 0.323 e. The number of nitrogens with one attached hydrogen (secondary N) is 2. The highest BCUT2D eigenvalue weighted by Crippen LogP contribution is 2.26. The first kappa shape index (κ1) is 14.6. The standard InChI is InChI=1S/C13H11ClN4O3/c14-11-6-5-10(18(20)21)7-12(11)17-13(19)16-9-3-1-8(15)2-4-9/h1-7H,15H2,(H2,16,17,19). The topological polar surface area (TPSA) is 110 Å². The summed E-state index contributed by atoms with van der Waals surface area (Å²) < 4.78 is 0. The summed E-state index contributed by atoms with van der Waals surface area (Å²) in [5.41, 5.74) is 6.63. The lowest BCUT2D eigenvalue weighted by Gasteiger charge is -2.09. The molecule has 0 unspecified atom stereocenters. The van der Waals surface area contributed by atoms with E-state index in [1.54, 1.807) is 24.3 Å². The van der Waals surface area contributed by atoms with Crippen LogP contribution in [0.15, 0.2) is 42.5 Å². The SMILES string of the molecule is Nc1ccc(NC(=O)Nc2cc([N+](=O)[O-])ccc2Cl)cc1. The van der Waals surface area contributed by atoms with Crippen LogP contribution < -0.4 is 16.4 Å². The second kappa shape index (κ2) is 6.10. The Kier molecular flexibility index (Phi) is 4.24. The van der Waals surface area contributed by atoms with Gasteiger partial charge in [-0.05, 0) is 30.3 Å². The molecule has 0 bridgehead atoms. The third-order valence-electron chi connectivity index (χ3n) is 2.58. The van der Waals surface area contributed by atoms with Gasteiger partial charge in [-0.3, -0.25) is 10.1 Å². The summed E-state index contributed by atoms with van der Waals surface area (Å²) in [6, 6.07) is 9.75. The monoisotopic (exact) mass is 306 g/mol. The quantitative estimate of drug-likeness (QED) is 0.458. The summed E-state index contributed by atoms with van der Waals surface area (Å²) in [6.45, 7) is 0. The predicted molar refractivity (Wildman–Crippen MR) is 81.6 cm³/mol. The zero-order chi connectivity index (χ0) is 15.4. The molecule has 0 aliphatic rings. The fraction of sp³-hybridized carbons (Fsp3) is 0. The zero-order valence-corrected chi connectivity index (χ0v) is 11.4. The number of urea groups is 1. The minimum atomic E-state index is -0.570. The number of benzene rings is 2. The lowest BCUT2D eigenvalue weighted by atomic mass is 10.3. The summed E-state index contributed by atoms with van der Waals surface area (Å²) in [7, 11) is 0. The van der Waals surface area contributed by atoms with Crippen LogP contribution in [-0.2, 0) is 0 Å². The van der Waals surface area contributed by atoms with E-state index in [4.69, 9.17) is 17.3 Å². The number of nitrogens with two attached hydrogens (primary N) is 1. The Labute approximate surface area is 124 Å². The normalized spacial score (nSPS) is 9.95. The number of nitro groups is 1. The number of carbonyl (C=O) groups is 1. The minimum Gasteiger partial charge on any atom is -0.399 e. The molecule has 2 amide bonds. The van der Waals surface area contributed by atoms with E-state index in [2.05, 4.69) is 10.6 Å². The molecule has 0 heterocycles. The Hall–Kier alpha value is -2.80. The van der Waals surface area contributed by atoms with Gasteiger partial charge >= 0.3 is 6.03 Å². The van der Waals surface area contributed by atoms with Crippen LogP contribution in [0.5, 0.6) is 0 Å². The van der Waals surface area contributed by atoms with Crippen molar-refractivity contribution in [1.82, 2.24) is 0 Å². The molecule has 0 saturated carbocycles. The maximum Gasteiger partial charge on any atom is 0.323 e. The largest absolute Gasteiger partial charge is 0.399 e. The molecule has 2 aromatic carbocycles. The molecule has 2 rings (SSSR count). The van der Waals surface area contributed by atoms with Crippen molar-refractivity contribution in [2.24, 2.45) is 0 Å². The molecule has 0 aliphatic heterocycles. The van der Waals surface area contributed by atoms with Crippen LogP contribution in [0.25, 0.3) is 0 Å². The van der Waals surface area contributed by atoms with E-state index < -0.39 is 11.0 Å². The van der Waals surface area contributed by atoms with Crippen LogP contribution in [-0.4, -0.2) is 11.0 Å². The van der Waals surface area contributed by atoms with Gasteiger partial charge in [-0.25, -0.2) is 4.79 Å². The van der Waals surface area contributed by atoms with E-state index in [1.807, 2.05) is 0 Å². The number of nitrogens with zero attached hydrogens (tertiary/aromatic N) is 1. The summed E-state index contributed by atoms with van der Waals surface area (Å²) in [4.78, 5) is 21.9. The molecule has 8 heteroatoms. The number of rotatable bonds is 3. The van der Waals surface area contributed by atoms with Gasteiger partial charge in [0.25, 0.3) is 5.69 Å². The average molecular weight is 307 g/mol. The first-order chi connectivity index (χ1) is 9.95. The number of hydrogen-bond donors (Lipinski definition) is 3. The van der Waals surface area contributed by atoms with Gasteiger partial charge in [0, 0.05) is 23.5 Å². The van der Waals surface area contributed by atoms with Gasteiger partial charge in [-0.15, -0.1) is 0 Å². The van der Waals surface area contributed by atoms with E-state index in [0.717, 1.165) is 0 Å². The second-order valence-corrected chi connectivity index (χ2v) is 4.53. The van der Waals surface area contributed by atoms with Crippen molar-refractivity contribution in [3.8, 4) is 0 Å². The number of nitro benzene ring substituents is 1. The molecule has 108 valence electrons. The lowest BCUT2D eigenvalue weighted by molar-refractivity contribution is -0.384. The number of halogens is 1. The summed E-state index contributed by atoms with van der Waals surface area (Å²) in [5, 5.41) is 15.9. The van der Waals surface area contributed by atoms with Crippen molar-refractivity contribution >= 4 is 40.4 Å². The van der Waals surface area contributed by atoms with Gasteiger partial charge in [-0.2, -0.15) is 0 Å². The van der Waals surface area contributed by atoms with Gasteiger partial charge in [0.15, 0.2) is 0 Å². The van der Waals surface area contributed by atoms with Crippen LogP contribution in [0.1, 0.15) is 0 Å². The fourth-order valence-corrected chi connectivity index (χ4v) is 1.74. The molecule has 2 aromatic rings. The van der Waals surface area contributed by atoms with Crippen LogP contribution >= 0.6 is 11.6 Å². The first-order valence-corrected chi connectivity index (χ1v) is 6.21. The summed E-state index contributed by atoms with van der Waals surface area (Å²) in [5.74, 6) is 0. The van der Waals surface area contributed by atoms with E-state index in [1.165, 1.54) is 18.2 Å². The molecule has 0 atom stereocenters. The number of non-ortho nitro benzene ring substituents is 1. The van der Waals surface area contributed by atoms with Crippen molar-refractivity contribution in [3.63, 3.8) is 0 Å². The third kappa shape index (κ3) is 3.83. The maximum absolute atomic E-state index is 11.8. The highest BCUT2D eigenvalue weighted by Gasteiger charge is 2.12. The van der Waals surface area contributed by atoms with E-state index in [-0.39, 0.29) is 16.4 Å². The molecule has 0 fully saturated rings. The van der Waals surface area contributed by atoms with Crippen LogP contribution in [0.2, 0.25) is 5.02 Å². The van der Waals surface area contributed by atoms with E-state index in [9.17, 15) is 14.9 Å². The molecule has 7 nitrogen and oxygen atoms in total. The average Bonchev–Trinajstić information content (AvgIpc) is 2.43. The molecule has 0 radical (unpaired) electrons. The van der Waals surface area contributed by atoms with Crippen LogP contribution in [0.4, 0.5) is 27.5 Å². The lowest BCUT2D eigenvalue weighted by Crippen LogP contribution is -2.19. The molecule has 4 N–H and O–H groups in total. The Balaban J connectivity index is 2.10. The van der Waals surface area contributed by atoms with E-state index in [0.29, 0.717) is 11.4 Å². The second-order valence-electron chi connectivity index (χ2n) is 4.12. The third-order valence-corrected chi connectivity index (χ3v) is 2.91. The molecule has 0 spiro atoms. The summed E-state index contributed by atoms with van der Waals surface area (Å²) in [6.07, 6.45) is 0. The Morgan fingerprint density at radius 3 is 2.43 bits per heavy atom. The van der Waals surface area contributed by atoms with Crippen molar-refractivity contribution in [2.45, 2.75) is 0 Å². The highest BCUT2D eigenvalue weighted by molar-refractivity contribution is 6.33. The summed E-state index contributed by atoms with van der Waals surface area (Å²) >= 11 is 5.89. The molecule has 0 aliphatic carbocycles. The van der Waals surface area contributed by atoms with Gasteiger partial charge in [0.1, 0.15) is 0 Å². The molecule has 21 heavy (non-hydrogen) atoms. The molecular weight excluding hydrogens is 296 g/mol.